The Labute approximate surface area is 140 Å². The van der Waals surface area contributed by atoms with Gasteiger partial charge in [-0.05, 0) is 49.4 Å². The van der Waals surface area contributed by atoms with Crippen molar-refractivity contribution in [1.82, 2.24) is 9.97 Å². The number of nitrogens with zero attached hydrogens (tertiary/aromatic N) is 2. The average molecular weight is 319 g/mol. The third-order valence-electron chi connectivity index (χ3n) is 3.37. The molecule has 24 heavy (non-hydrogen) atoms. The van der Waals surface area contributed by atoms with Gasteiger partial charge in [-0.3, -0.25) is 9.78 Å². The summed E-state index contributed by atoms with van der Waals surface area (Å²) in [6.07, 6.45) is 3.48. The molecule has 3 rings (SSSR count). The van der Waals surface area contributed by atoms with Crippen LogP contribution in [0, 0.1) is 6.92 Å². The maximum absolute atomic E-state index is 12.2. The van der Waals surface area contributed by atoms with Crippen LogP contribution < -0.4 is 10.1 Å². The lowest BCUT2D eigenvalue weighted by molar-refractivity contribution is 0.102. The number of anilines is 1. The van der Waals surface area contributed by atoms with Gasteiger partial charge in [-0.2, -0.15) is 0 Å². The second-order valence-electron chi connectivity index (χ2n) is 5.29. The first-order valence-corrected chi connectivity index (χ1v) is 7.57. The van der Waals surface area contributed by atoms with E-state index < -0.39 is 0 Å². The van der Waals surface area contributed by atoms with Crippen molar-refractivity contribution in [3.63, 3.8) is 0 Å². The summed E-state index contributed by atoms with van der Waals surface area (Å²) < 4.78 is 5.68. The normalized spacial score (nSPS) is 10.2. The minimum Gasteiger partial charge on any atom is -0.489 e. The molecule has 0 aliphatic heterocycles. The Morgan fingerprint density at radius 1 is 1.08 bits per heavy atom. The second kappa shape index (κ2) is 7.37. The van der Waals surface area contributed by atoms with Gasteiger partial charge in [-0.15, -0.1) is 0 Å². The highest BCUT2D eigenvalue weighted by Crippen LogP contribution is 2.15. The Morgan fingerprint density at radius 3 is 2.62 bits per heavy atom. The molecule has 0 saturated carbocycles. The molecule has 1 aromatic carbocycles. The number of aryl methyl sites for hydroxylation is 1. The minimum absolute atomic E-state index is 0.202. The van der Waals surface area contributed by atoms with Crippen molar-refractivity contribution >= 4 is 11.7 Å². The number of rotatable bonds is 5. The van der Waals surface area contributed by atoms with Crippen molar-refractivity contribution in [3.8, 4) is 5.75 Å². The van der Waals surface area contributed by atoms with Gasteiger partial charge in [0.15, 0.2) is 0 Å². The molecule has 5 heteroatoms. The molecule has 2 aromatic heterocycles. The summed E-state index contributed by atoms with van der Waals surface area (Å²) in [4.78, 5) is 20.5. The fourth-order valence-corrected chi connectivity index (χ4v) is 2.15. The van der Waals surface area contributed by atoms with Crippen molar-refractivity contribution in [1.29, 1.82) is 0 Å². The quantitative estimate of drug-likeness (QED) is 0.780. The predicted octanol–water partition coefficient (Wildman–Crippen LogP) is 3.62. The number of carbonyl (C=O) groups is 1. The van der Waals surface area contributed by atoms with Crippen LogP contribution in [-0.4, -0.2) is 15.9 Å². The zero-order valence-corrected chi connectivity index (χ0v) is 13.3. The number of ether oxygens (including phenoxy) is 1. The highest BCUT2D eigenvalue weighted by Gasteiger charge is 2.07. The summed E-state index contributed by atoms with van der Waals surface area (Å²) in [5, 5.41) is 2.78. The molecule has 5 nitrogen and oxygen atoms in total. The van der Waals surface area contributed by atoms with E-state index in [9.17, 15) is 4.79 Å². The van der Waals surface area contributed by atoms with E-state index in [2.05, 4.69) is 15.3 Å². The molecule has 0 saturated heterocycles. The van der Waals surface area contributed by atoms with Crippen molar-refractivity contribution in [2.45, 2.75) is 13.5 Å². The molecule has 0 fully saturated rings. The number of pyridine rings is 2. The predicted molar refractivity (Wildman–Crippen MR) is 91.9 cm³/mol. The van der Waals surface area contributed by atoms with Crippen molar-refractivity contribution < 1.29 is 9.53 Å². The number of benzene rings is 1. The van der Waals surface area contributed by atoms with Gasteiger partial charge >= 0.3 is 0 Å². The number of nitrogens with one attached hydrogen (secondary N) is 1. The molecule has 0 aliphatic carbocycles. The van der Waals surface area contributed by atoms with Gasteiger partial charge < -0.3 is 10.1 Å². The summed E-state index contributed by atoms with van der Waals surface area (Å²) in [5.74, 6) is 1.04. The second-order valence-corrected chi connectivity index (χ2v) is 5.29. The van der Waals surface area contributed by atoms with E-state index in [1.54, 1.807) is 42.7 Å². The van der Waals surface area contributed by atoms with E-state index in [1.807, 2.05) is 31.2 Å². The lowest BCUT2D eigenvalue weighted by atomic mass is 10.2. The van der Waals surface area contributed by atoms with Crippen LogP contribution in [0.2, 0.25) is 0 Å². The van der Waals surface area contributed by atoms with Gasteiger partial charge in [-0.1, -0.05) is 12.1 Å². The first-order chi connectivity index (χ1) is 11.7. The van der Waals surface area contributed by atoms with Crippen LogP contribution in [0.15, 0.2) is 67.0 Å². The molecular formula is C19H17N3O2. The monoisotopic (exact) mass is 319 g/mol. The highest BCUT2D eigenvalue weighted by atomic mass is 16.5. The fourth-order valence-electron chi connectivity index (χ4n) is 2.15. The number of hydrogen-bond donors (Lipinski definition) is 1. The van der Waals surface area contributed by atoms with E-state index in [-0.39, 0.29) is 5.91 Å². The summed E-state index contributed by atoms with van der Waals surface area (Å²) in [6.45, 7) is 2.32. The minimum atomic E-state index is -0.202. The third kappa shape index (κ3) is 4.16. The molecule has 0 unspecified atom stereocenters. The Bertz CT molecular complexity index is 818. The van der Waals surface area contributed by atoms with E-state index >= 15 is 0 Å². The van der Waals surface area contributed by atoms with Crippen LogP contribution in [0.3, 0.4) is 0 Å². The van der Waals surface area contributed by atoms with E-state index in [0.29, 0.717) is 23.7 Å². The Balaban J connectivity index is 1.60. The maximum Gasteiger partial charge on any atom is 0.256 e. The topological polar surface area (TPSA) is 64.1 Å². The van der Waals surface area contributed by atoms with Gasteiger partial charge in [0.25, 0.3) is 5.91 Å². The fraction of sp³-hybridized carbons (Fsp3) is 0.105. The third-order valence-corrected chi connectivity index (χ3v) is 3.37. The smallest absolute Gasteiger partial charge is 0.256 e. The van der Waals surface area contributed by atoms with Gasteiger partial charge in [0, 0.05) is 29.2 Å². The van der Waals surface area contributed by atoms with Gasteiger partial charge in [0.1, 0.15) is 18.2 Å². The number of carbonyl (C=O) groups excluding carboxylic acids is 1. The molecule has 0 bridgehead atoms. The standard InChI is InChI=1S/C19H17N3O2/c1-14-4-2-6-18(21-14)22-19(23)16-7-9-17(10-8-16)24-13-15-5-3-11-20-12-15/h2-12H,13H2,1H3,(H,21,22,23). The Kier molecular flexibility index (Phi) is 4.81. The van der Waals surface area contributed by atoms with Crippen LogP contribution in [0.4, 0.5) is 5.82 Å². The molecule has 0 spiro atoms. The molecule has 2 heterocycles. The number of aromatic nitrogens is 2. The first-order valence-electron chi connectivity index (χ1n) is 7.57. The maximum atomic E-state index is 12.2. The highest BCUT2D eigenvalue weighted by molar-refractivity contribution is 6.03. The van der Waals surface area contributed by atoms with Crippen LogP contribution in [0.5, 0.6) is 5.75 Å². The molecule has 0 radical (unpaired) electrons. The Hall–Kier alpha value is -3.21. The SMILES string of the molecule is Cc1cccc(NC(=O)c2ccc(OCc3cccnc3)cc2)n1. The lowest BCUT2D eigenvalue weighted by Gasteiger charge is -2.08. The summed E-state index contributed by atoms with van der Waals surface area (Å²) in [5.41, 5.74) is 2.39. The lowest BCUT2D eigenvalue weighted by Crippen LogP contribution is -2.13. The van der Waals surface area contributed by atoms with Crippen molar-refractivity contribution in [2.75, 3.05) is 5.32 Å². The zero-order chi connectivity index (χ0) is 16.8. The van der Waals surface area contributed by atoms with Crippen molar-refractivity contribution in [3.05, 3.63) is 83.8 Å². The van der Waals surface area contributed by atoms with Gasteiger partial charge in [0.05, 0.1) is 0 Å². The zero-order valence-electron chi connectivity index (χ0n) is 13.3. The average Bonchev–Trinajstić information content (AvgIpc) is 2.61. The molecule has 0 atom stereocenters. The molecule has 0 aliphatic rings. The van der Waals surface area contributed by atoms with Crippen LogP contribution in [0.25, 0.3) is 0 Å². The Morgan fingerprint density at radius 2 is 1.92 bits per heavy atom. The van der Waals surface area contributed by atoms with E-state index in [4.69, 9.17) is 4.74 Å². The summed E-state index contributed by atoms with van der Waals surface area (Å²) in [6, 6.07) is 16.3. The summed E-state index contributed by atoms with van der Waals surface area (Å²) >= 11 is 0. The van der Waals surface area contributed by atoms with Gasteiger partial charge in [-0.25, -0.2) is 4.98 Å². The largest absolute Gasteiger partial charge is 0.489 e. The van der Waals surface area contributed by atoms with Crippen LogP contribution in [-0.2, 0) is 6.61 Å². The van der Waals surface area contributed by atoms with E-state index in [1.165, 1.54) is 0 Å². The molecule has 3 aromatic rings. The van der Waals surface area contributed by atoms with Crippen LogP contribution in [0.1, 0.15) is 21.6 Å². The molecule has 120 valence electrons. The number of hydrogen-bond acceptors (Lipinski definition) is 4. The van der Waals surface area contributed by atoms with Crippen molar-refractivity contribution in [2.24, 2.45) is 0 Å². The van der Waals surface area contributed by atoms with Crippen LogP contribution >= 0.6 is 0 Å². The molecule has 1 amide bonds. The molecule has 1 N–H and O–H groups in total. The first kappa shape index (κ1) is 15.7. The summed E-state index contributed by atoms with van der Waals surface area (Å²) in [7, 11) is 0. The molecular weight excluding hydrogens is 302 g/mol. The number of amides is 1. The van der Waals surface area contributed by atoms with Gasteiger partial charge in [0.2, 0.25) is 0 Å². The van der Waals surface area contributed by atoms with E-state index in [0.717, 1.165) is 11.3 Å².